The molecule has 0 saturated heterocycles. The molecule has 170 valence electrons. The maximum Gasteiger partial charge on any atom is 0.193 e. The quantitative estimate of drug-likeness (QED) is 0.198. The highest BCUT2D eigenvalue weighted by molar-refractivity contribution is 6.09. The Labute approximate surface area is 213 Å². The fourth-order valence-electron chi connectivity index (χ4n) is 3.35. The molecule has 0 fully saturated rings. The second-order valence-corrected chi connectivity index (χ2v) is 7.87. The van der Waals surface area contributed by atoms with E-state index >= 15 is 0 Å². The Hall–Kier alpha value is -5.11. The number of hydrogen-bond acceptors (Lipinski definition) is 1. The first-order chi connectivity index (χ1) is 17.8. The lowest BCUT2D eigenvalue weighted by Crippen LogP contribution is -2.00. The standard InChI is InChI=1S/C21H14O.C14H10/c22-21(19-11-5-2-6-12-19)20-13-7-10-18(16-20)15-14-17-8-3-1-4-9-17;1-3-7-13(8-4-1)11-12-14-9-5-2-6-10-14/h1-13,16H;1-10H. The molecule has 0 bridgehead atoms. The summed E-state index contributed by atoms with van der Waals surface area (Å²) < 4.78 is 0. The van der Waals surface area contributed by atoms with E-state index in [4.69, 9.17) is 0 Å². The normalized spacial score (nSPS) is 9.33. The van der Waals surface area contributed by atoms with Crippen molar-refractivity contribution in [1.82, 2.24) is 0 Å². The Morgan fingerprint density at radius 3 is 1.14 bits per heavy atom. The minimum absolute atomic E-state index is 0.0176. The van der Waals surface area contributed by atoms with Crippen LogP contribution in [0.4, 0.5) is 0 Å². The van der Waals surface area contributed by atoms with E-state index in [2.05, 4.69) is 23.7 Å². The molecule has 0 unspecified atom stereocenters. The maximum atomic E-state index is 12.4. The van der Waals surface area contributed by atoms with Crippen molar-refractivity contribution < 1.29 is 4.79 Å². The van der Waals surface area contributed by atoms with Gasteiger partial charge in [-0.1, -0.05) is 121 Å². The molecule has 0 heterocycles. The number of carbonyl (C=O) groups is 1. The molecule has 0 saturated carbocycles. The van der Waals surface area contributed by atoms with Crippen LogP contribution in [0.1, 0.15) is 38.2 Å². The highest BCUT2D eigenvalue weighted by Crippen LogP contribution is 2.11. The van der Waals surface area contributed by atoms with Gasteiger partial charge in [0, 0.05) is 33.4 Å². The molecule has 0 aromatic heterocycles. The zero-order valence-corrected chi connectivity index (χ0v) is 19.8. The van der Waals surface area contributed by atoms with Gasteiger partial charge in [0.15, 0.2) is 5.78 Å². The second-order valence-electron chi connectivity index (χ2n) is 7.87. The summed E-state index contributed by atoms with van der Waals surface area (Å²) in [5.74, 6) is 12.5. The van der Waals surface area contributed by atoms with Gasteiger partial charge in [0.1, 0.15) is 0 Å². The number of carbonyl (C=O) groups excluding carboxylic acids is 1. The highest BCUT2D eigenvalue weighted by atomic mass is 16.1. The van der Waals surface area contributed by atoms with E-state index in [9.17, 15) is 4.79 Å². The molecule has 0 aliphatic rings. The first kappa shape index (κ1) is 24.0. The minimum Gasteiger partial charge on any atom is -0.289 e. The fraction of sp³-hybridized carbons (Fsp3) is 0. The molecule has 0 amide bonds. The zero-order chi connectivity index (χ0) is 24.8. The summed E-state index contributed by atoms with van der Waals surface area (Å²) in [6, 6.07) is 46.5. The van der Waals surface area contributed by atoms with Crippen LogP contribution in [0.15, 0.2) is 146 Å². The van der Waals surface area contributed by atoms with Gasteiger partial charge in [0.2, 0.25) is 0 Å². The van der Waals surface area contributed by atoms with Gasteiger partial charge in [-0.3, -0.25) is 4.79 Å². The molecule has 5 rings (SSSR count). The third-order valence-corrected chi connectivity index (χ3v) is 5.18. The van der Waals surface area contributed by atoms with Crippen molar-refractivity contribution in [3.05, 3.63) is 179 Å². The average Bonchev–Trinajstić information content (AvgIpc) is 2.97. The first-order valence-electron chi connectivity index (χ1n) is 11.7. The molecule has 5 aromatic rings. The molecular formula is C35H24O. The SMILES string of the molecule is C(#Cc1ccccc1)c1ccccc1.O=C(c1ccccc1)c1cccc(C#Cc2ccccc2)c1. The smallest absolute Gasteiger partial charge is 0.193 e. The van der Waals surface area contributed by atoms with Crippen LogP contribution >= 0.6 is 0 Å². The number of ketones is 1. The Kier molecular flexibility index (Phi) is 8.64. The van der Waals surface area contributed by atoms with Crippen LogP contribution in [-0.2, 0) is 0 Å². The van der Waals surface area contributed by atoms with Crippen molar-refractivity contribution >= 4 is 5.78 Å². The van der Waals surface area contributed by atoms with Crippen molar-refractivity contribution in [2.45, 2.75) is 0 Å². The summed E-state index contributed by atoms with van der Waals surface area (Å²) >= 11 is 0. The fourth-order valence-corrected chi connectivity index (χ4v) is 3.35. The Morgan fingerprint density at radius 2 is 0.694 bits per heavy atom. The lowest BCUT2D eigenvalue weighted by Gasteiger charge is -2.01. The molecule has 0 aliphatic heterocycles. The highest BCUT2D eigenvalue weighted by Gasteiger charge is 2.08. The summed E-state index contributed by atoms with van der Waals surface area (Å²) in [6.45, 7) is 0. The average molecular weight is 461 g/mol. The summed E-state index contributed by atoms with van der Waals surface area (Å²) in [5, 5.41) is 0. The molecule has 0 atom stereocenters. The Bertz CT molecular complexity index is 1470. The van der Waals surface area contributed by atoms with Gasteiger partial charge < -0.3 is 0 Å². The van der Waals surface area contributed by atoms with E-state index < -0.39 is 0 Å². The van der Waals surface area contributed by atoms with Crippen LogP contribution in [0.2, 0.25) is 0 Å². The van der Waals surface area contributed by atoms with Crippen LogP contribution in [0.5, 0.6) is 0 Å². The largest absolute Gasteiger partial charge is 0.289 e. The molecular weight excluding hydrogens is 436 g/mol. The predicted octanol–water partition coefficient (Wildman–Crippen LogP) is 7.40. The third-order valence-electron chi connectivity index (χ3n) is 5.18. The molecule has 0 N–H and O–H groups in total. The van der Waals surface area contributed by atoms with Crippen LogP contribution in [-0.4, -0.2) is 5.78 Å². The zero-order valence-electron chi connectivity index (χ0n) is 19.8. The number of rotatable bonds is 2. The lowest BCUT2D eigenvalue weighted by molar-refractivity contribution is 0.103. The summed E-state index contributed by atoms with van der Waals surface area (Å²) in [6.07, 6.45) is 0. The molecule has 0 aliphatic carbocycles. The van der Waals surface area contributed by atoms with Crippen LogP contribution in [0.25, 0.3) is 0 Å². The number of hydrogen-bond donors (Lipinski definition) is 0. The van der Waals surface area contributed by atoms with Crippen molar-refractivity contribution in [3.8, 4) is 23.7 Å². The maximum absolute atomic E-state index is 12.4. The third kappa shape index (κ3) is 7.46. The van der Waals surface area contributed by atoms with Gasteiger partial charge in [-0.05, 0) is 48.5 Å². The Balaban J connectivity index is 0.000000187. The first-order valence-corrected chi connectivity index (χ1v) is 11.7. The van der Waals surface area contributed by atoms with Gasteiger partial charge in [-0.25, -0.2) is 0 Å². The van der Waals surface area contributed by atoms with Crippen molar-refractivity contribution in [1.29, 1.82) is 0 Å². The summed E-state index contributed by atoms with van der Waals surface area (Å²) in [7, 11) is 0. The molecule has 1 heteroatoms. The van der Waals surface area contributed by atoms with Gasteiger partial charge in [0.05, 0.1) is 0 Å². The van der Waals surface area contributed by atoms with E-state index in [0.717, 1.165) is 22.3 Å². The van der Waals surface area contributed by atoms with Crippen molar-refractivity contribution in [2.75, 3.05) is 0 Å². The summed E-state index contributed by atoms with van der Waals surface area (Å²) in [4.78, 5) is 12.4. The molecule has 36 heavy (non-hydrogen) atoms. The minimum atomic E-state index is 0.0176. The Morgan fingerprint density at radius 1 is 0.361 bits per heavy atom. The molecule has 5 aromatic carbocycles. The monoisotopic (exact) mass is 460 g/mol. The number of benzene rings is 5. The van der Waals surface area contributed by atoms with Gasteiger partial charge in [-0.15, -0.1) is 0 Å². The molecule has 0 spiro atoms. The summed E-state index contributed by atoms with van der Waals surface area (Å²) in [5.41, 5.74) is 5.25. The van der Waals surface area contributed by atoms with Crippen LogP contribution in [0.3, 0.4) is 0 Å². The molecule has 1 nitrogen and oxygen atoms in total. The van der Waals surface area contributed by atoms with E-state index in [-0.39, 0.29) is 5.78 Å². The van der Waals surface area contributed by atoms with Gasteiger partial charge in [-0.2, -0.15) is 0 Å². The predicted molar refractivity (Wildman–Crippen MR) is 148 cm³/mol. The van der Waals surface area contributed by atoms with Crippen molar-refractivity contribution in [2.24, 2.45) is 0 Å². The lowest BCUT2D eigenvalue weighted by atomic mass is 10.0. The van der Waals surface area contributed by atoms with Crippen LogP contribution < -0.4 is 0 Å². The van der Waals surface area contributed by atoms with E-state index in [0.29, 0.717) is 11.1 Å². The van der Waals surface area contributed by atoms with E-state index in [1.165, 1.54) is 0 Å². The van der Waals surface area contributed by atoms with Gasteiger partial charge in [0.25, 0.3) is 0 Å². The van der Waals surface area contributed by atoms with Crippen LogP contribution in [0, 0.1) is 23.7 Å². The van der Waals surface area contributed by atoms with Crippen molar-refractivity contribution in [3.63, 3.8) is 0 Å². The van der Waals surface area contributed by atoms with Gasteiger partial charge >= 0.3 is 0 Å². The second kappa shape index (κ2) is 13.0. The van der Waals surface area contributed by atoms with E-state index in [1.807, 2.05) is 146 Å². The molecule has 0 radical (unpaired) electrons. The van der Waals surface area contributed by atoms with E-state index in [1.54, 1.807) is 0 Å². The topological polar surface area (TPSA) is 17.1 Å².